The van der Waals surface area contributed by atoms with E-state index in [0.29, 0.717) is 6.61 Å². The maximum atomic E-state index is 5.23. The quantitative estimate of drug-likeness (QED) is 0.600. The molecule has 0 fully saturated rings. The molecule has 0 saturated carbocycles. The zero-order chi connectivity index (χ0) is 15.7. The molecule has 2 N–H and O–H groups in total. The van der Waals surface area contributed by atoms with E-state index in [1.807, 2.05) is 23.9 Å². The summed E-state index contributed by atoms with van der Waals surface area (Å²) in [6, 6.07) is 8.28. The van der Waals surface area contributed by atoms with E-state index >= 15 is 0 Å². The Labute approximate surface area is 132 Å². The number of guanidine groups is 1. The van der Waals surface area contributed by atoms with Gasteiger partial charge in [-0.25, -0.2) is 0 Å². The molecule has 5 heteroatoms. The Bertz CT molecular complexity index is 461. The van der Waals surface area contributed by atoms with Gasteiger partial charge in [0.1, 0.15) is 0 Å². The van der Waals surface area contributed by atoms with E-state index < -0.39 is 0 Å². The second-order valence-electron chi connectivity index (χ2n) is 5.44. The van der Waals surface area contributed by atoms with Crippen molar-refractivity contribution in [3.8, 4) is 0 Å². The number of thioether (sulfide) groups is 1. The van der Waals surface area contributed by atoms with Gasteiger partial charge in [-0.2, -0.15) is 11.8 Å². The Morgan fingerprint density at radius 1 is 1.24 bits per heavy atom. The molecule has 118 valence electrons. The highest BCUT2D eigenvalue weighted by atomic mass is 32.2. The fourth-order valence-corrected chi connectivity index (χ4v) is 2.01. The van der Waals surface area contributed by atoms with Gasteiger partial charge in [0.05, 0.1) is 6.61 Å². The van der Waals surface area contributed by atoms with Gasteiger partial charge >= 0.3 is 0 Å². The lowest BCUT2D eigenvalue weighted by atomic mass is 10.1. The first kappa shape index (κ1) is 17.9. The van der Waals surface area contributed by atoms with Crippen LogP contribution in [0.2, 0.25) is 0 Å². The molecule has 0 bridgehead atoms. The van der Waals surface area contributed by atoms with Crippen molar-refractivity contribution in [1.29, 1.82) is 0 Å². The predicted molar refractivity (Wildman–Crippen MR) is 93.0 cm³/mol. The van der Waals surface area contributed by atoms with Crippen molar-refractivity contribution in [2.45, 2.75) is 31.7 Å². The summed E-state index contributed by atoms with van der Waals surface area (Å²) in [5.74, 6) is 0.823. The second kappa shape index (κ2) is 8.95. The number of benzene rings is 1. The third kappa shape index (κ3) is 6.40. The van der Waals surface area contributed by atoms with E-state index in [9.17, 15) is 0 Å². The van der Waals surface area contributed by atoms with Crippen LogP contribution in [-0.4, -0.2) is 37.7 Å². The van der Waals surface area contributed by atoms with Crippen LogP contribution in [0.4, 0.5) is 0 Å². The molecule has 4 nitrogen and oxygen atoms in total. The molecule has 0 heterocycles. The monoisotopic (exact) mass is 309 g/mol. The van der Waals surface area contributed by atoms with Gasteiger partial charge in [0.25, 0.3) is 0 Å². The third-order valence-electron chi connectivity index (χ3n) is 3.32. The first-order valence-electron chi connectivity index (χ1n) is 7.08. The summed E-state index contributed by atoms with van der Waals surface area (Å²) in [5, 5.41) is 6.72. The number of hydrogen-bond donors (Lipinski definition) is 2. The molecule has 1 aromatic rings. The molecule has 1 rings (SSSR count). The van der Waals surface area contributed by atoms with Crippen LogP contribution in [0.15, 0.2) is 29.3 Å². The van der Waals surface area contributed by atoms with Crippen molar-refractivity contribution in [1.82, 2.24) is 10.6 Å². The van der Waals surface area contributed by atoms with E-state index in [2.05, 4.69) is 47.9 Å². The Morgan fingerprint density at radius 3 is 2.48 bits per heavy atom. The van der Waals surface area contributed by atoms with Gasteiger partial charge in [-0.1, -0.05) is 24.3 Å². The summed E-state index contributed by atoms with van der Waals surface area (Å²) < 4.78 is 5.42. The van der Waals surface area contributed by atoms with Crippen LogP contribution in [0, 0.1) is 0 Å². The number of nitrogens with one attached hydrogen (secondary N) is 2. The van der Waals surface area contributed by atoms with Crippen LogP contribution in [0.25, 0.3) is 0 Å². The molecule has 21 heavy (non-hydrogen) atoms. The first-order chi connectivity index (χ1) is 10.0. The van der Waals surface area contributed by atoms with E-state index in [-0.39, 0.29) is 4.75 Å². The van der Waals surface area contributed by atoms with E-state index in [4.69, 9.17) is 4.74 Å². The second-order valence-corrected chi connectivity index (χ2v) is 6.96. The smallest absolute Gasteiger partial charge is 0.191 e. The molecule has 0 atom stereocenters. The summed E-state index contributed by atoms with van der Waals surface area (Å²) in [6.45, 7) is 6.66. The number of methoxy groups -OCH3 is 1. The number of nitrogens with zero attached hydrogens (tertiary/aromatic N) is 1. The molecule has 0 aliphatic heterocycles. The molecule has 0 spiro atoms. The van der Waals surface area contributed by atoms with Crippen LogP contribution in [0.5, 0.6) is 0 Å². The zero-order valence-electron chi connectivity index (χ0n) is 13.7. The van der Waals surface area contributed by atoms with Gasteiger partial charge < -0.3 is 15.4 Å². The van der Waals surface area contributed by atoms with Crippen LogP contribution in [0.3, 0.4) is 0 Å². The highest BCUT2D eigenvalue weighted by molar-refractivity contribution is 7.99. The average molecular weight is 309 g/mol. The molecule has 0 aliphatic rings. The molecule has 0 aliphatic carbocycles. The number of hydrogen-bond acceptors (Lipinski definition) is 3. The fraction of sp³-hybridized carbons (Fsp3) is 0.562. The lowest BCUT2D eigenvalue weighted by Gasteiger charge is -2.24. The van der Waals surface area contributed by atoms with Gasteiger partial charge in [0.2, 0.25) is 0 Å². The summed E-state index contributed by atoms with van der Waals surface area (Å²) in [6.07, 6.45) is 2.12. The van der Waals surface area contributed by atoms with E-state index in [1.54, 1.807) is 14.2 Å². The minimum Gasteiger partial charge on any atom is -0.380 e. The van der Waals surface area contributed by atoms with Crippen molar-refractivity contribution in [2.24, 2.45) is 4.99 Å². The van der Waals surface area contributed by atoms with Gasteiger partial charge in [-0.15, -0.1) is 0 Å². The Hall–Kier alpha value is -1.20. The maximum absolute atomic E-state index is 5.23. The van der Waals surface area contributed by atoms with Crippen molar-refractivity contribution in [2.75, 3.05) is 27.0 Å². The maximum Gasteiger partial charge on any atom is 0.191 e. The average Bonchev–Trinajstić information content (AvgIpc) is 2.49. The SMILES string of the molecule is CN=C(NCc1ccccc1COC)NCC(C)(C)SC. The van der Waals surface area contributed by atoms with Crippen molar-refractivity contribution in [3.05, 3.63) is 35.4 Å². The lowest BCUT2D eigenvalue weighted by molar-refractivity contribution is 0.184. The van der Waals surface area contributed by atoms with Crippen LogP contribution in [0.1, 0.15) is 25.0 Å². The van der Waals surface area contributed by atoms with Crippen molar-refractivity contribution in [3.63, 3.8) is 0 Å². The number of aliphatic imine (C=N–C) groups is 1. The third-order valence-corrected chi connectivity index (χ3v) is 4.57. The van der Waals surface area contributed by atoms with Gasteiger partial charge in [-0.05, 0) is 31.2 Å². The molecule has 1 aromatic carbocycles. The van der Waals surface area contributed by atoms with E-state index in [0.717, 1.165) is 19.0 Å². The van der Waals surface area contributed by atoms with Crippen molar-refractivity contribution < 1.29 is 4.74 Å². The minimum atomic E-state index is 0.186. The lowest BCUT2D eigenvalue weighted by Crippen LogP contribution is -2.43. The highest BCUT2D eigenvalue weighted by Gasteiger charge is 2.16. The van der Waals surface area contributed by atoms with Gasteiger partial charge in [0.15, 0.2) is 5.96 Å². The molecule has 0 saturated heterocycles. The largest absolute Gasteiger partial charge is 0.380 e. The Balaban J connectivity index is 2.56. The van der Waals surface area contributed by atoms with Crippen LogP contribution >= 0.6 is 11.8 Å². The molecular formula is C16H27N3OS. The summed E-state index contributed by atoms with van der Waals surface area (Å²) in [7, 11) is 3.51. The van der Waals surface area contributed by atoms with Gasteiger partial charge in [-0.3, -0.25) is 4.99 Å². The summed E-state index contributed by atoms with van der Waals surface area (Å²) in [5.41, 5.74) is 2.43. The molecular weight excluding hydrogens is 282 g/mol. The molecule has 0 radical (unpaired) electrons. The number of ether oxygens (including phenoxy) is 1. The summed E-state index contributed by atoms with van der Waals surface area (Å²) in [4.78, 5) is 4.27. The van der Waals surface area contributed by atoms with E-state index in [1.165, 1.54) is 11.1 Å². The minimum absolute atomic E-state index is 0.186. The zero-order valence-corrected chi connectivity index (χ0v) is 14.5. The topological polar surface area (TPSA) is 45.7 Å². The highest BCUT2D eigenvalue weighted by Crippen LogP contribution is 2.19. The first-order valence-corrected chi connectivity index (χ1v) is 8.30. The summed E-state index contributed by atoms with van der Waals surface area (Å²) >= 11 is 1.84. The molecule has 0 unspecified atom stereocenters. The Morgan fingerprint density at radius 2 is 1.90 bits per heavy atom. The van der Waals surface area contributed by atoms with Gasteiger partial charge in [0, 0.05) is 32.0 Å². The molecule has 0 amide bonds. The predicted octanol–water partition coefficient (Wildman–Crippen LogP) is 2.64. The fourth-order valence-electron chi connectivity index (χ4n) is 1.79. The van der Waals surface area contributed by atoms with Crippen LogP contribution in [-0.2, 0) is 17.9 Å². The Kier molecular flexibility index (Phi) is 7.61. The normalized spacial score (nSPS) is 12.3. The number of rotatable bonds is 7. The molecule has 0 aromatic heterocycles. The van der Waals surface area contributed by atoms with Crippen LogP contribution < -0.4 is 10.6 Å². The standard InChI is InChI=1S/C16H27N3OS/c1-16(2,21-5)12-19-15(17-3)18-10-13-8-6-7-9-14(13)11-20-4/h6-9H,10-12H2,1-5H3,(H2,17,18,19). The van der Waals surface area contributed by atoms with Crippen molar-refractivity contribution >= 4 is 17.7 Å².